The molecule has 0 aliphatic heterocycles. The minimum absolute atomic E-state index is 0.0953. The van der Waals surface area contributed by atoms with Gasteiger partial charge in [-0.1, -0.05) is 6.92 Å². The number of aromatic nitrogens is 1. The number of nitrogen functional groups attached to an aromatic ring is 1. The van der Waals surface area contributed by atoms with Crippen LogP contribution in [0.25, 0.3) is 0 Å². The summed E-state index contributed by atoms with van der Waals surface area (Å²) in [5, 5.41) is 2.56. The van der Waals surface area contributed by atoms with E-state index >= 15 is 0 Å². The largest absolute Gasteiger partial charge is 0.397 e. The smallest absolute Gasteiger partial charge is 0.255 e. The first-order valence-electron chi connectivity index (χ1n) is 6.06. The molecule has 0 aliphatic rings. The molecule has 1 aromatic heterocycles. The number of carbonyl (C=O) groups is 2. The number of hydrogen-bond donors (Lipinski definition) is 2. The molecule has 0 spiro atoms. The van der Waals surface area contributed by atoms with Gasteiger partial charge in [-0.05, 0) is 13.0 Å². The van der Waals surface area contributed by atoms with Crippen LogP contribution in [0.15, 0.2) is 12.3 Å². The Morgan fingerprint density at radius 3 is 2.74 bits per heavy atom. The maximum absolute atomic E-state index is 12.3. The number of nitrogens with one attached hydrogen (secondary N) is 1. The van der Waals surface area contributed by atoms with Gasteiger partial charge in [0.25, 0.3) is 5.91 Å². The number of carbonyl (C=O) groups excluding carboxylic acids is 2. The van der Waals surface area contributed by atoms with Crippen LogP contribution in [0.3, 0.4) is 0 Å². The molecule has 19 heavy (non-hydrogen) atoms. The number of nitrogens with two attached hydrogens (primary N) is 1. The molecule has 1 heterocycles. The van der Waals surface area contributed by atoms with Crippen LogP contribution in [0.5, 0.6) is 0 Å². The van der Waals surface area contributed by atoms with E-state index in [1.54, 1.807) is 34.0 Å². The highest BCUT2D eigenvalue weighted by atomic mass is 16.2. The van der Waals surface area contributed by atoms with Gasteiger partial charge in [0, 0.05) is 20.6 Å². The molecule has 1 aromatic rings. The standard InChI is InChI=1S/C13H20N4O2/c1-8(12(18)15-3)7-17(4)13(19)11-5-10(14)6-16-9(11)2/h5-6,8H,7,14H2,1-4H3,(H,15,18). The summed E-state index contributed by atoms with van der Waals surface area (Å²) in [6.45, 7) is 3.86. The van der Waals surface area contributed by atoms with E-state index in [1.807, 2.05) is 0 Å². The molecule has 6 heteroatoms. The third-order valence-corrected chi connectivity index (χ3v) is 2.93. The predicted octanol–water partition coefficient (Wildman–Crippen LogP) is 0.426. The summed E-state index contributed by atoms with van der Waals surface area (Å²) in [6, 6.07) is 1.60. The lowest BCUT2D eigenvalue weighted by Crippen LogP contribution is -2.37. The van der Waals surface area contributed by atoms with Crippen molar-refractivity contribution in [2.75, 3.05) is 26.4 Å². The molecule has 1 unspecified atom stereocenters. The number of aryl methyl sites for hydroxylation is 1. The van der Waals surface area contributed by atoms with E-state index in [0.717, 1.165) is 0 Å². The lowest BCUT2D eigenvalue weighted by molar-refractivity contribution is -0.124. The van der Waals surface area contributed by atoms with Gasteiger partial charge in [-0.3, -0.25) is 14.6 Å². The van der Waals surface area contributed by atoms with Gasteiger partial charge in [0.1, 0.15) is 0 Å². The molecule has 0 saturated heterocycles. The topological polar surface area (TPSA) is 88.3 Å². The van der Waals surface area contributed by atoms with Crippen molar-refractivity contribution in [3.8, 4) is 0 Å². The average molecular weight is 264 g/mol. The normalized spacial score (nSPS) is 11.8. The SMILES string of the molecule is CNC(=O)C(C)CN(C)C(=O)c1cc(N)cnc1C. The molecule has 0 aliphatic carbocycles. The number of nitrogens with zero attached hydrogens (tertiary/aromatic N) is 2. The summed E-state index contributed by atoms with van der Waals surface area (Å²) >= 11 is 0. The highest BCUT2D eigenvalue weighted by Crippen LogP contribution is 2.12. The maximum atomic E-state index is 12.3. The molecule has 1 atom stereocenters. The van der Waals surface area contributed by atoms with E-state index in [1.165, 1.54) is 11.1 Å². The van der Waals surface area contributed by atoms with Crippen molar-refractivity contribution in [3.05, 3.63) is 23.5 Å². The quantitative estimate of drug-likeness (QED) is 0.825. The van der Waals surface area contributed by atoms with E-state index in [2.05, 4.69) is 10.3 Å². The number of hydrogen-bond acceptors (Lipinski definition) is 4. The summed E-state index contributed by atoms with van der Waals surface area (Å²) in [5.41, 5.74) is 7.17. The van der Waals surface area contributed by atoms with Crippen LogP contribution in [0.1, 0.15) is 23.0 Å². The Bertz CT molecular complexity index is 488. The lowest BCUT2D eigenvalue weighted by Gasteiger charge is -2.21. The molecule has 6 nitrogen and oxygen atoms in total. The zero-order chi connectivity index (χ0) is 14.6. The molecular weight excluding hydrogens is 244 g/mol. The van der Waals surface area contributed by atoms with Crippen molar-refractivity contribution in [2.45, 2.75) is 13.8 Å². The molecule has 0 bridgehead atoms. The van der Waals surface area contributed by atoms with Gasteiger partial charge < -0.3 is 16.0 Å². The molecule has 3 N–H and O–H groups in total. The third-order valence-electron chi connectivity index (χ3n) is 2.93. The molecule has 0 radical (unpaired) electrons. The summed E-state index contributed by atoms with van der Waals surface area (Å²) in [6.07, 6.45) is 1.51. The molecule has 0 fully saturated rings. The lowest BCUT2D eigenvalue weighted by atomic mass is 10.1. The Hall–Kier alpha value is -2.11. The molecule has 2 amide bonds. The Morgan fingerprint density at radius 2 is 2.16 bits per heavy atom. The minimum Gasteiger partial charge on any atom is -0.397 e. The summed E-state index contributed by atoms with van der Waals surface area (Å²) in [7, 11) is 3.23. The first-order valence-corrected chi connectivity index (χ1v) is 6.06. The first kappa shape index (κ1) is 14.9. The third kappa shape index (κ3) is 3.67. The summed E-state index contributed by atoms with van der Waals surface area (Å²) < 4.78 is 0. The molecule has 104 valence electrons. The summed E-state index contributed by atoms with van der Waals surface area (Å²) in [4.78, 5) is 29.3. The van der Waals surface area contributed by atoms with Crippen molar-refractivity contribution < 1.29 is 9.59 Å². The molecular formula is C13H20N4O2. The fraction of sp³-hybridized carbons (Fsp3) is 0.462. The number of rotatable bonds is 4. The Kier molecular flexibility index (Phi) is 4.86. The summed E-state index contributed by atoms with van der Waals surface area (Å²) in [5.74, 6) is -0.552. The van der Waals surface area contributed by atoms with Gasteiger partial charge >= 0.3 is 0 Å². The van der Waals surface area contributed by atoms with Gasteiger partial charge in [0.15, 0.2) is 0 Å². The van der Waals surface area contributed by atoms with Gasteiger partial charge in [-0.25, -0.2) is 0 Å². The van der Waals surface area contributed by atoms with E-state index in [-0.39, 0.29) is 17.7 Å². The van der Waals surface area contributed by atoms with Crippen LogP contribution in [-0.4, -0.2) is 42.3 Å². The van der Waals surface area contributed by atoms with E-state index < -0.39 is 0 Å². The zero-order valence-electron chi connectivity index (χ0n) is 11.7. The van der Waals surface area contributed by atoms with Crippen LogP contribution < -0.4 is 11.1 Å². The number of anilines is 1. The highest BCUT2D eigenvalue weighted by molar-refractivity contribution is 5.96. The van der Waals surface area contributed by atoms with Crippen LogP contribution in [0, 0.1) is 12.8 Å². The van der Waals surface area contributed by atoms with Crippen molar-refractivity contribution >= 4 is 17.5 Å². The van der Waals surface area contributed by atoms with Gasteiger partial charge in [-0.15, -0.1) is 0 Å². The van der Waals surface area contributed by atoms with Crippen LogP contribution in [0.2, 0.25) is 0 Å². The van der Waals surface area contributed by atoms with Crippen molar-refractivity contribution in [1.82, 2.24) is 15.2 Å². The first-order chi connectivity index (χ1) is 8.86. The van der Waals surface area contributed by atoms with E-state index in [9.17, 15) is 9.59 Å². The van der Waals surface area contributed by atoms with Gasteiger partial charge in [0.2, 0.25) is 5.91 Å². The number of amides is 2. The van der Waals surface area contributed by atoms with Crippen LogP contribution in [0.4, 0.5) is 5.69 Å². The second-order valence-electron chi connectivity index (χ2n) is 4.60. The average Bonchev–Trinajstić information content (AvgIpc) is 2.39. The minimum atomic E-state index is -0.270. The Labute approximate surface area is 113 Å². The highest BCUT2D eigenvalue weighted by Gasteiger charge is 2.20. The van der Waals surface area contributed by atoms with Crippen molar-refractivity contribution in [2.24, 2.45) is 5.92 Å². The van der Waals surface area contributed by atoms with E-state index in [0.29, 0.717) is 23.5 Å². The van der Waals surface area contributed by atoms with E-state index in [4.69, 9.17) is 5.73 Å². The second-order valence-corrected chi connectivity index (χ2v) is 4.60. The van der Waals surface area contributed by atoms with Crippen molar-refractivity contribution in [3.63, 3.8) is 0 Å². The van der Waals surface area contributed by atoms with Gasteiger partial charge in [0.05, 0.1) is 29.1 Å². The fourth-order valence-corrected chi connectivity index (χ4v) is 1.79. The fourth-order valence-electron chi connectivity index (χ4n) is 1.79. The zero-order valence-corrected chi connectivity index (χ0v) is 11.7. The monoisotopic (exact) mass is 264 g/mol. The Balaban J connectivity index is 2.82. The molecule has 1 rings (SSSR count). The van der Waals surface area contributed by atoms with Crippen molar-refractivity contribution in [1.29, 1.82) is 0 Å². The second kappa shape index (κ2) is 6.17. The molecule has 0 saturated carbocycles. The van der Waals surface area contributed by atoms with Crippen LogP contribution >= 0.6 is 0 Å². The van der Waals surface area contributed by atoms with Crippen LogP contribution in [-0.2, 0) is 4.79 Å². The number of pyridine rings is 1. The Morgan fingerprint density at radius 1 is 1.53 bits per heavy atom. The predicted molar refractivity (Wildman–Crippen MR) is 73.6 cm³/mol. The maximum Gasteiger partial charge on any atom is 0.255 e. The van der Waals surface area contributed by atoms with Gasteiger partial charge in [-0.2, -0.15) is 0 Å². The molecule has 0 aromatic carbocycles.